The molecule has 0 aliphatic carbocycles. The highest BCUT2D eigenvalue weighted by molar-refractivity contribution is 5.73. The molecule has 58 valence electrons. The quantitative estimate of drug-likeness (QED) is 0.580. The number of hydrogen-bond acceptors (Lipinski definition) is 1. The third kappa shape index (κ3) is 5.35. The average Bonchev–Trinajstić information content (AvgIpc) is 1.58. The number of rotatable bonds is 2. The molecule has 1 unspecified atom stereocenters. The molecule has 2 heteroatoms. The SMILES string of the molecule is CC(=O)NC(C)C=C(C)C. The Kier molecular flexibility index (Phi) is 3.77. The summed E-state index contributed by atoms with van der Waals surface area (Å²) in [6, 6.07) is 0.155. The second-order valence-corrected chi connectivity index (χ2v) is 2.73. The fourth-order valence-corrected chi connectivity index (χ4v) is 0.862. The third-order valence-electron chi connectivity index (χ3n) is 1.01. The van der Waals surface area contributed by atoms with E-state index in [0.717, 1.165) is 0 Å². The van der Waals surface area contributed by atoms with Gasteiger partial charge in [0.2, 0.25) is 5.91 Å². The molecule has 0 fully saturated rings. The summed E-state index contributed by atoms with van der Waals surface area (Å²) in [5, 5.41) is 2.76. The molecular formula is C8H15NO. The van der Waals surface area contributed by atoms with Crippen LogP contribution in [0.4, 0.5) is 0 Å². The fourth-order valence-electron chi connectivity index (χ4n) is 0.862. The van der Waals surface area contributed by atoms with Gasteiger partial charge in [-0.1, -0.05) is 11.6 Å². The maximum Gasteiger partial charge on any atom is 0.217 e. The first-order valence-electron chi connectivity index (χ1n) is 3.44. The van der Waals surface area contributed by atoms with E-state index in [1.54, 1.807) is 0 Å². The van der Waals surface area contributed by atoms with E-state index in [4.69, 9.17) is 0 Å². The highest BCUT2D eigenvalue weighted by Crippen LogP contribution is 1.92. The molecule has 0 bridgehead atoms. The van der Waals surface area contributed by atoms with E-state index >= 15 is 0 Å². The summed E-state index contributed by atoms with van der Waals surface area (Å²) >= 11 is 0. The van der Waals surface area contributed by atoms with Crippen molar-refractivity contribution in [2.45, 2.75) is 33.7 Å². The lowest BCUT2D eigenvalue weighted by Gasteiger charge is -2.06. The van der Waals surface area contributed by atoms with Crippen LogP contribution in [0.1, 0.15) is 27.7 Å². The zero-order valence-electron chi connectivity index (χ0n) is 7.06. The highest BCUT2D eigenvalue weighted by Gasteiger charge is 1.96. The second-order valence-electron chi connectivity index (χ2n) is 2.73. The first kappa shape index (κ1) is 9.21. The van der Waals surface area contributed by atoms with E-state index in [1.165, 1.54) is 12.5 Å². The summed E-state index contributed by atoms with van der Waals surface area (Å²) in [5.74, 6) is 0.0185. The van der Waals surface area contributed by atoms with E-state index in [2.05, 4.69) is 5.32 Å². The van der Waals surface area contributed by atoms with Gasteiger partial charge in [-0.15, -0.1) is 0 Å². The van der Waals surface area contributed by atoms with Crippen LogP contribution in [0.5, 0.6) is 0 Å². The standard InChI is InChI=1S/C8H15NO/c1-6(2)5-7(3)9-8(4)10/h5,7H,1-4H3,(H,9,10). The van der Waals surface area contributed by atoms with Crippen molar-refractivity contribution >= 4 is 5.91 Å². The summed E-state index contributed by atoms with van der Waals surface area (Å²) < 4.78 is 0. The largest absolute Gasteiger partial charge is 0.350 e. The maximum absolute atomic E-state index is 10.5. The van der Waals surface area contributed by atoms with Crippen LogP contribution in [0.15, 0.2) is 11.6 Å². The van der Waals surface area contributed by atoms with Crippen LogP contribution >= 0.6 is 0 Å². The van der Waals surface area contributed by atoms with Crippen LogP contribution in [0, 0.1) is 0 Å². The first-order chi connectivity index (χ1) is 4.52. The minimum atomic E-state index is 0.0185. The molecule has 0 radical (unpaired) electrons. The van der Waals surface area contributed by atoms with Gasteiger partial charge in [0.25, 0.3) is 0 Å². The number of amides is 1. The molecule has 0 spiro atoms. The number of carbonyl (C=O) groups is 1. The Morgan fingerprint density at radius 1 is 1.40 bits per heavy atom. The minimum Gasteiger partial charge on any atom is -0.350 e. The molecule has 0 aromatic heterocycles. The lowest BCUT2D eigenvalue weighted by atomic mass is 10.2. The van der Waals surface area contributed by atoms with E-state index in [1.807, 2.05) is 26.8 Å². The lowest BCUT2D eigenvalue weighted by molar-refractivity contribution is -0.119. The van der Waals surface area contributed by atoms with Crippen LogP contribution in [-0.4, -0.2) is 11.9 Å². The summed E-state index contributed by atoms with van der Waals surface area (Å²) in [6.45, 7) is 7.50. The van der Waals surface area contributed by atoms with Gasteiger partial charge in [-0.3, -0.25) is 4.79 Å². The van der Waals surface area contributed by atoms with Crippen LogP contribution in [0.2, 0.25) is 0 Å². The van der Waals surface area contributed by atoms with Crippen molar-refractivity contribution in [3.63, 3.8) is 0 Å². The Balaban J connectivity index is 3.75. The zero-order chi connectivity index (χ0) is 8.15. The fraction of sp³-hybridized carbons (Fsp3) is 0.625. The van der Waals surface area contributed by atoms with Gasteiger partial charge in [-0.2, -0.15) is 0 Å². The van der Waals surface area contributed by atoms with Crippen molar-refractivity contribution in [2.75, 3.05) is 0 Å². The molecule has 1 amide bonds. The lowest BCUT2D eigenvalue weighted by Crippen LogP contribution is -2.28. The van der Waals surface area contributed by atoms with Gasteiger partial charge in [-0.05, 0) is 20.8 Å². The topological polar surface area (TPSA) is 29.1 Å². The molecular weight excluding hydrogens is 126 g/mol. The summed E-state index contributed by atoms with van der Waals surface area (Å²) in [4.78, 5) is 10.5. The molecule has 0 aromatic carbocycles. The molecule has 0 saturated carbocycles. The molecule has 2 nitrogen and oxygen atoms in total. The molecule has 0 rings (SSSR count). The molecule has 1 N–H and O–H groups in total. The Labute approximate surface area is 62.3 Å². The first-order valence-corrected chi connectivity index (χ1v) is 3.44. The second kappa shape index (κ2) is 4.09. The summed E-state index contributed by atoms with van der Waals surface area (Å²) in [7, 11) is 0. The van der Waals surface area contributed by atoms with Gasteiger partial charge in [-0.25, -0.2) is 0 Å². The maximum atomic E-state index is 10.5. The highest BCUT2D eigenvalue weighted by atomic mass is 16.1. The van der Waals surface area contributed by atoms with Crippen molar-refractivity contribution in [1.82, 2.24) is 5.32 Å². The average molecular weight is 141 g/mol. The van der Waals surface area contributed by atoms with Crippen LogP contribution in [-0.2, 0) is 4.79 Å². The van der Waals surface area contributed by atoms with Crippen molar-refractivity contribution in [2.24, 2.45) is 0 Å². The monoisotopic (exact) mass is 141 g/mol. The van der Waals surface area contributed by atoms with Gasteiger partial charge in [0.05, 0.1) is 0 Å². The van der Waals surface area contributed by atoms with E-state index in [0.29, 0.717) is 0 Å². The van der Waals surface area contributed by atoms with Crippen molar-refractivity contribution in [3.05, 3.63) is 11.6 Å². The van der Waals surface area contributed by atoms with Crippen molar-refractivity contribution in [1.29, 1.82) is 0 Å². The number of allylic oxidation sites excluding steroid dienone is 1. The predicted molar refractivity (Wildman–Crippen MR) is 42.7 cm³/mol. The van der Waals surface area contributed by atoms with Gasteiger partial charge in [0, 0.05) is 13.0 Å². The minimum absolute atomic E-state index is 0.0185. The predicted octanol–water partition coefficient (Wildman–Crippen LogP) is 1.48. The zero-order valence-corrected chi connectivity index (χ0v) is 7.06. The normalized spacial score (nSPS) is 12.0. The Hall–Kier alpha value is -0.790. The van der Waals surface area contributed by atoms with E-state index in [9.17, 15) is 4.79 Å². The molecule has 0 saturated heterocycles. The molecule has 1 atom stereocenters. The van der Waals surface area contributed by atoms with Crippen molar-refractivity contribution in [3.8, 4) is 0 Å². The number of hydrogen-bond donors (Lipinski definition) is 1. The van der Waals surface area contributed by atoms with Crippen LogP contribution < -0.4 is 5.32 Å². The Morgan fingerprint density at radius 3 is 2.20 bits per heavy atom. The Morgan fingerprint density at radius 2 is 1.90 bits per heavy atom. The van der Waals surface area contributed by atoms with Gasteiger partial charge in [0.1, 0.15) is 0 Å². The smallest absolute Gasteiger partial charge is 0.217 e. The van der Waals surface area contributed by atoms with Crippen molar-refractivity contribution < 1.29 is 4.79 Å². The van der Waals surface area contributed by atoms with Crippen LogP contribution in [0.3, 0.4) is 0 Å². The van der Waals surface area contributed by atoms with E-state index < -0.39 is 0 Å². The Bertz CT molecular complexity index is 145. The van der Waals surface area contributed by atoms with E-state index in [-0.39, 0.29) is 11.9 Å². The van der Waals surface area contributed by atoms with Gasteiger partial charge >= 0.3 is 0 Å². The number of nitrogens with one attached hydrogen (secondary N) is 1. The summed E-state index contributed by atoms with van der Waals surface area (Å²) in [5.41, 5.74) is 1.22. The number of carbonyl (C=O) groups excluding carboxylic acids is 1. The summed E-state index contributed by atoms with van der Waals surface area (Å²) in [6.07, 6.45) is 2.02. The molecule has 0 aliphatic heterocycles. The van der Waals surface area contributed by atoms with Gasteiger partial charge in [0.15, 0.2) is 0 Å². The van der Waals surface area contributed by atoms with Crippen LogP contribution in [0.25, 0.3) is 0 Å². The molecule has 0 heterocycles. The molecule has 0 aliphatic rings. The third-order valence-corrected chi connectivity index (χ3v) is 1.01. The molecule has 0 aromatic rings. The molecule has 10 heavy (non-hydrogen) atoms. The van der Waals surface area contributed by atoms with Gasteiger partial charge < -0.3 is 5.32 Å².